The van der Waals surface area contributed by atoms with E-state index in [1.165, 1.54) is 5.56 Å². The number of aromatic nitrogens is 2. The molecule has 0 amide bonds. The molecule has 1 aromatic heterocycles. The van der Waals surface area contributed by atoms with Gasteiger partial charge < -0.3 is 5.73 Å². The number of benzene rings is 1. The fraction of sp³-hybridized carbons (Fsp3) is 0.357. The van der Waals surface area contributed by atoms with Crippen LogP contribution in [0.25, 0.3) is 5.69 Å². The van der Waals surface area contributed by atoms with Crippen LogP contribution in [0, 0.1) is 0 Å². The van der Waals surface area contributed by atoms with Gasteiger partial charge in [-0.15, -0.1) is 12.4 Å². The minimum atomic E-state index is 0. The SMILES string of the molecule is Cl.N[C@H]1CCN(Cc2ccc(-n3cccn3)cc2)C1. The Labute approximate surface area is 119 Å². The third kappa shape index (κ3) is 3.35. The summed E-state index contributed by atoms with van der Waals surface area (Å²) in [6, 6.07) is 10.8. The summed E-state index contributed by atoms with van der Waals surface area (Å²) in [5, 5.41) is 4.22. The monoisotopic (exact) mass is 278 g/mol. The van der Waals surface area contributed by atoms with E-state index in [0.717, 1.165) is 31.7 Å². The van der Waals surface area contributed by atoms with Gasteiger partial charge in [-0.2, -0.15) is 5.10 Å². The molecule has 2 aromatic rings. The number of hydrogen-bond donors (Lipinski definition) is 1. The molecule has 0 spiro atoms. The van der Waals surface area contributed by atoms with Gasteiger partial charge in [-0.05, 0) is 30.2 Å². The van der Waals surface area contributed by atoms with E-state index in [0.29, 0.717) is 6.04 Å². The molecule has 0 aliphatic carbocycles. The van der Waals surface area contributed by atoms with Crippen molar-refractivity contribution >= 4 is 12.4 Å². The first kappa shape index (κ1) is 14.1. The van der Waals surface area contributed by atoms with Crippen molar-refractivity contribution in [3.8, 4) is 5.69 Å². The minimum absolute atomic E-state index is 0. The highest BCUT2D eigenvalue weighted by atomic mass is 35.5. The Hall–Kier alpha value is -1.36. The van der Waals surface area contributed by atoms with Gasteiger partial charge in [0.1, 0.15) is 0 Å². The summed E-state index contributed by atoms with van der Waals surface area (Å²) in [6.45, 7) is 3.12. The molecule has 0 unspecified atom stereocenters. The predicted octanol–water partition coefficient (Wildman–Crippen LogP) is 1.83. The van der Waals surface area contributed by atoms with Crippen LogP contribution in [0.15, 0.2) is 42.7 Å². The Balaban J connectivity index is 0.00000133. The lowest BCUT2D eigenvalue weighted by atomic mass is 10.2. The molecule has 2 heterocycles. The standard InChI is InChI=1S/C14H18N4.ClH/c15-13-6-9-17(11-13)10-12-2-4-14(5-3-12)18-8-1-7-16-18;/h1-5,7-8,13H,6,9-11,15H2;1H/t13-;/m0./s1. The number of nitrogens with zero attached hydrogens (tertiary/aromatic N) is 3. The maximum Gasteiger partial charge on any atom is 0.0645 e. The van der Waals surface area contributed by atoms with Crippen molar-refractivity contribution in [2.75, 3.05) is 13.1 Å². The molecule has 3 rings (SSSR count). The Bertz CT molecular complexity index is 495. The maximum atomic E-state index is 5.91. The molecule has 1 fully saturated rings. The van der Waals surface area contributed by atoms with Gasteiger partial charge in [0.05, 0.1) is 5.69 Å². The van der Waals surface area contributed by atoms with Crippen LogP contribution in [-0.4, -0.2) is 33.8 Å². The molecule has 0 bridgehead atoms. The van der Waals surface area contributed by atoms with Gasteiger partial charge in [0.2, 0.25) is 0 Å². The molecule has 1 atom stereocenters. The zero-order valence-corrected chi connectivity index (χ0v) is 11.6. The molecule has 4 nitrogen and oxygen atoms in total. The van der Waals surface area contributed by atoms with Crippen molar-refractivity contribution in [3.05, 3.63) is 48.3 Å². The molecular weight excluding hydrogens is 260 g/mol. The Kier molecular flexibility index (Phi) is 4.58. The van der Waals surface area contributed by atoms with Crippen molar-refractivity contribution < 1.29 is 0 Å². The highest BCUT2D eigenvalue weighted by Crippen LogP contribution is 2.14. The molecule has 0 saturated carbocycles. The van der Waals surface area contributed by atoms with E-state index < -0.39 is 0 Å². The molecule has 1 aromatic carbocycles. The van der Waals surface area contributed by atoms with Gasteiger partial charge in [-0.25, -0.2) is 4.68 Å². The van der Waals surface area contributed by atoms with Crippen molar-refractivity contribution in [2.45, 2.75) is 19.0 Å². The number of halogens is 1. The molecule has 102 valence electrons. The zero-order chi connectivity index (χ0) is 12.4. The van der Waals surface area contributed by atoms with Crippen LogP contribution in [0.5, 0.6) is 0 Å². The highest BCUT2D eigenvalue weighted by Gasteiger charge is 2.18. The fourth-order valence-electron chi connectivity index (χ4n) is 2.44. The first-order valence-electron chi connectivity index (χ1n) is 6.38. The molecule has 1 aliphatic rings. The summed E-state index contributed by atoms with van der Waals surface area (Å²) in [5.74, 6) is 0. The minimum Gasteiger partial charge on any atom is -0.326 e. The molecule has 2 N–H and O–H groups in total. The molecule has 19 heavy (non-hydrogen) atoms. The van der Waals surface area contributed by atoms with Gasteiger partial charge in [-0.1, -0.05) is 12.1 Å². The Morgan fingerprint density at radius 1 is 1.26 bits per heavy atom. The van der Waals surface area contributed by atoms with Crippen molar-refractivity contribution in [1.82, 2.24) is 14.7 Å². The smallest absolute Gasteiger partial charge is 0.0645 e. The largest absolute Gasteiger partial charge is 0.326 e. The molecule has 0 radical (unpaired) electrons. The van der Waals surface area contributed by atoms with Crippen LogP contribution >= 0.6 is 12.4 Å². The van der Waals surface area contributed by atoms with E-state index in [9.17, 15) is 0 Å². The van der Waals surface area contributed by atoms with Gasteiger partial charge in [-0.3, -0.25) is 4.90 Å². The van der Waals surface area contributed by atoms with Crippen LogP contribution in [0.3, 0.4) is 0 Å². The van der Waals surface area contributed by atoms with Crippen LogP contribution in [-0.2, 0) is 6.54 Å². The van der Waals surface area contributed by atoms with E-state index >= 15 is 0 Å². The van der Waals surface area contributed by atoms with Crippen molar-refractivity contribution in [3.63, 3.8) is 0 Å². The summed E-state index contributed by atoms with van der Waals surface area (Å²) in [4.78, 5) is 2.41. The summed E-state index contributed by atoms with van der Waals surface area (Å²) in [6.07, 6.45) is 4.86. The van der Waals surface area contributed by atoms with Crippen LogP contribution in [0.2, 0.25) is 0 Å². The third-order valence-electron chi connectivity index (χ3n) is 3.42. The topological polar surface area (TPSA) is 47.1 Å². The summed E-state index contributed by atoms with van der Waals surface area (Å²) in [5.41, 5.74) is 8.35. The second-order valence-corrected chi connectivity index (χ2v) is 4.90. The third-order valence-corrected chi connectivity index (χ3v) is 3.42. The van der Waals surface area contributed by atoms with Crippen molar-refractivity contribution in [1.29, 1.82) is 0 Å². The average Bonchev–Trinajstić information content (AvgIpc) is 3.02. The lowest BCUT2D eigenvalue weighted by molar-refractivity contribution is 0.327. The second-order valence-electron chi connectivity index (χ2n) is 4.90. The van der Waals surface area contributed by atoms with Gasteiger partial charge in [0.25, 0.3) is 0 Å². The normalized spacial score (nSPS) is 19.3. The van der Waals surface area contributed by atoms with Crippen molar-refractivity contribution in [2.24, 2.45) is 5.73 Å². The zero-order valence-electron chi connectivity index (χ0n) is 10.8. The lowest BCUT2D eigenvalue weighted by Gasteiger charge is -2.15. The van der Waals surface area contributed by atoms with E-state index in [1.54, 1.807) is 6.20 Å². The average molecular weight is 279 g/mol. The molecular formula is C14H19ClN4. The maximum absolute atomic E-state index is 5.91. The molecule has 5 heteroatoms. The number of hydrogen-bond acceptors (Lipinski definition) is 3. The van der Waals surface area contributed by atoms with E-state index in [2.05, 4.69) is 34.3 Å². The Morgan fingerprint density at radius 2 is 2.05 bits per heavy atom. The fourth-order valence-corrected chi connectivity index (χ4v) is 2.44. The number of rotatable bonds is 3. The quantitative estimate of drug-likeness (QED) is 0.932. The summed E-state index contributed by atoms with van der Waals surface area (Å²) in [7, 11) is 0. The van der Waals surface area contributed by atoms with Crippen LogP contribution in [0.4, 0.5) is 0 Å². The van der Waals surface area contributed by atoms with E-state index in [1.807, 2.05) is 16.9 Å². The first-order chi connectivity index (χ1) is 8.81. The van der Waals surface area contributed by atoms with Crippen LogP contribution in [0.1, 0.15) is 12.0 Å². The number of likely N-dealkylation sites (tertiary alicyclic amines) is 1. The second kappa shape index (κ2) is 6.19. The van der Waals surface area contributed by atoms with Gasteiger partial charge in [0, 0.05) is 38.1 Å². The van der Waals surface area contributed by atoms with Crippen LogP contribution < -0.4 is 5.73 Å². The first-order valence-corrected chi connectivity index (χ1v) is 6.38. The molecule has 1 aliphatic heterocycles. The highest BCUT2D eigenvalue weighted by molar-refractivity contribution is 5.85. The number of nitrogens with two attached hydrogens (primary N) is 1. The predicted molar refractivity (Wildman–Crippen MR) is 78.7 cm³/mol. The summed E-state index contributed by atoms with van der Waals surface area (Å²) < 4.78 is 1.87. The van der Waals surface area contributed by atoms with E-state index in [4.69, 9.17) is 5.73 Å². The lowest BCUT2D eigenvalue weighted by Crippen LogP contribution is -2.26. The van der Waals surface area contributed by atoms with Gasteiger partial charge in [0.15, 0.2) is 0 Å². The van der Waals surface area contributed by atoms with Gasteiger partial charge >= 0.3 is 0 Å². The molecule has 1 saturated heterocycles. The Morgan fingerprint density at radius 3 is 2.63 bits per heavy atom. The van der Waals surface area contributed by atoms with E-state index in [-0.39, 0.29) is 12.4 Å². The summed E-state index contributed by atoms with van der Waals surface area (Å²) >= 11 is 0.